The molecule has 3 nitrogen and oxygen atoms in total. The molecule has 1 saturated heterocycles. The highest BCUT2D eigenvalue weighted by Crippen LogP contribution is 2.20. The summed E-state index contributed by atoms with van der Waals surface area (Å²) in [5, 5.41) is 0. The van der Waals surface area contributed by atoms with Gasteiger partial charge in [-0.1, -0.05) is 31.5 Å². The van der Waals surface area contributed by atoms with Gasteiger partial charge in [0.05, 0.1) is 0 Å². The third-order valence-corrected chi connectivity index (χ3v) is 4.61. The molecule has 1 amide bonds. The Kier molecular flexibility index (Phi) is 6.44. The number of aryl methyl sites for hydroxylation is 1. The molecule has 3 heteroatoms. The highest BCUT2D eigenvalue weighted by Gasteiger charge is 2.25. The predicted molar refractivity (Wildman–Crippen MR) is 92.2 cm³/mol. The predicted octanol–water partition coefficient (Wildman–Crippen LogP) is 3.58. The lowest BCUT2D eigenvalue weighted by atomic mass is 9.96. The minimum atomic E-state index is 0.197. The highest BCUT2D eigenvalue weighted by atomic mass is 16.2. The summed E-state index contributed by atoms with van der Waals surface area (Å²) in [7, 11) is 0. The van der Waals surface area contributed by atoms with Gasteiger partial charge in [-0.2, -0.15) is 0 Å². The number of benzene rings is 1. The van der Waals surface area contributed by atoms with Crippen LogP contribution in [0.4, 0.5) is 0 Å². The summed E-state index contributed by atoms with van der Waals surface area (Å²) in [5.74, 6) is 0.817. The lowest BCUT2D eigenvalue weighted by Gasteiger charge is -2.35. The van der Waals surface area contributed by atoms with Crippen molar-refractivity contribution in [3.63, 3.8) is 0 Å². The number of carbonyl (C=O) groups excluding carboxylic acids is 1. The summed E-state index contributed by atoms with van der Waals surface area (Å²) in [6.07, 6.45) is 3.58. The summed E-state index contributed by atoms with van der Waals surface area (Å²) < 4.78 is 0. The Morgan fingerprint density at radius 3 is 2.64 bits per heavy atom. The van der Waals surface area contributed by atoms with Gasteiger partial charge in [0.15, 0.2) is 0 Å². The minimum Gasteiger partial charge on any atom is -0.338 e. The molecule has 1 aliphatic rings. The van der Waals surface area contributed by atoms with Crippen molar-refractivity contribution in [2.75, 3.05) is 32.7 Å². The first-order valence-corrected chi connectivity index (χ1v) is 8.72. The van der Waals surface area contributed by atoms with Gasteiger partial charge in [-0.3, -0.25) is 4.79 Å². The molecule has 1 aromatic rings. The monoisotopic (exact) mass is 302 g/mol. The van der Waals surface area contributed by atoms with Gasteiger partial charge >= 0.3 is 0 Å². The van der Waals surface area contributed by atoms with Crippen LogP contribution in [-0.4, -0.2) is 48.4 Å². The van der Waals surface area contributed by atoms with Crippen molar-refractivity contribution in [1.29, 1.82) is 0 Å². The Hall–Kier alpha value is -1.35. The van der Waals surface area contributed by atoms with Crippen LogP contribution in [0.5, 0.6) is 0 Å². The molecular formula is C19H30N2O. The average Bonchev–Trinajstić information content (AvgIpc) is 2.55. The number of amides is 1. The van der Waals surface area contributed by atoms with Gasteiger partial charge in [0.1, 0.15) is 0 Å². The summed E-state index contributed by atoms with van der Waals surface area (Å²) in [4.78, 5) is 17.2. The van der Waals surface area contributed by atoms with Crippen LogP contribution in [-0.2, 0) is 0 Å². The van der Waals surface area contributed by atoms with E-state index < -0.39 is 0 Å². The van der Waals surface area contributed by atoms with E-state index in [1.54, 1.807) is 0 Å². The van der Waals surface area contributed by atoms with Crippen LogP contribution >= 0.6 is 0 Å². The zero-order valence-electron chi connectivity index (χ0n) is 14.3. The molecule has 0 aromatic heterocycles. The number of likely N-dealkylation sites (tertiary alicyclic amines) is 1. The Balaban J connectivity index is 1.94. The number of hydrogen-bond donors (Lipinski definition) is 0. The van der Waals surface area contributed by atoms with Crippen LogP contribution in [0, 0.1) is 12.8 Å². The second-order valence-electron chi connectivity index (χ2n) is 6.52. The van der Waals surface area contributed by atoms with Gasteiger partial charge in [-0.15, -0.1) is 0 Å². The maximum Gasteiger partial charge on any atom is 0.253 e. The van der Waals surface area contributed by atoms with E-state index in [-0.39, 0.29) is 5.91 Å². The SMILES string of the molecule is CCCN(CC)CC1CCCN(C(=O)c2ccc(C)cc2)C1. The Labute approximate surface area is 135 Å². The van der Waals surface area contributed by atoms with E-state index in [0.29, 0.717) is 5.92 Å². The molecule has 1 unspecified atom stereocenters. The molecule has 0 saturated carbocycles. The van der Waals surface area contributed by atoms with Gasteiger partial charge in [-0.25, -0.2) is 0 Å². The van der Waals surface area contributed by atoms with Crippen molar-refractivity contribution >= 4 is 5.91 Å². The van der Waals surface area contributed by atoms with Crippen molar-refractivity contribution in [1.82, 2.24) is 9.80 Å². The summed E-state index contributed by atoms with van der Waals surface area (Å²) in [6.45, 7) is 11.7. The number of carbonyl (C=O) groups is 1. The first kappa shape index (κ1) is 17.0. The van der Waals surface area contributed by atoms with Crippen molar-refractivity contribution in [3.8, 4) is 0 Å². The topological polar surface area (TPSA) is 23.6 Å². The number of hydrogen-bond acceptors (Lipinski definition) is 2. The second kappa shape index (κ2) is 8.33. The Morgan fingerprint density at radius 2 is 2.00 bits per heavy atom. The molecule has 0 radical (unpaired) electrons. The number of rotatable bonds is 6. The molecular weight excluding hydrogens is 272 g/mol. The number of piperidine rings is 1. The minimum absolute atomic E-state index is 0.197. The molecule has 0 aliphatic carbocycles. The molecule has 122 valence electrons. The molecule has 1 aromatic carbocycles. The van der Waals surface area contributed by atoms with Crippen molar-refractivity contribution in [3.05, 3.63) is 35.4 Å². The van der Waals surface area contributed by atoms with E-state index in [1.165, 1.54) is 24.9 Å². The quantitative estimate of drug-likeness (QED) is 0.802. The molecule has 1 fully saturated rings. The van der Waals surface area contributed by atoms with Gasteiger partial charge in [0.2, 0.25) is 0 Å². The lowest BCUT2D eigenvalue weighted by molar-refractivity contribution is 0.0642. The van der Waals surface area contributed by atoms with E-state index >= 15 is 0 Å². The Bertz CT molecular complexity index is 469. The van der Waals surface area contributed by atoms with Crippen LogP contribution < -0.4 is 0 Å². The molecule has 0 spiro atoms. The smallest absolute Gasteiger partial charge is 0.253 e. The van der Waals surface area contributed by atoms with Crippen LogP contribution in [0.3, 0.4) is 0 Å². The van der Waals surface area contributed by atoms with E-state index in [4.69, 9.17) is 0 Å². The van der Waals surface area contributed by atoms with E-state index in [0.717, 1.165) is 38.2 Å². The first-order valence-electron chi connectivity index (χ1n) is 8.72. The molecule has 0 bridgehead atoms. The van der Waals surface area contributed by atoms with Gasteiger partial charge in [0, 0.05) is 25.2 Å². The van der Waals surface area contributed by atoms with Gasteiger partial charge in [-0.05, 0) is 57.3 Å². The van der Waals surface area contributed by atoms with E-state index in [2.05, 4.69) is 30.6 Å². The zero-order valence-corrected chi connectivity index (χ0v) is 14.3. The van der Waals surface area contributed by atoms with E-state index in [1.807, 2.05) is 24.3 Å². The fourth-order valence-corrected chi connectivity index (χ4v) is 3.34. The number of nitrogens with zero attached hydrogens (tertiary/aromatic N) is 2. The van der Waals surface area contributed by atoms with Gasteiger partial charge < -0.3 is 9.80 Å². The van der Waals surface area contributed by atoms with Crippen LogP contribution in [0.1, 0.15) is 49.0 Å². The van der Waals surface area contributed by atoms with Crippen LogP contribution in [0.25, 0.3) is 0 Å². The highest BCUT2D eigenvalue weighted by molar-refractivity contribution is 5.94. The van der Waals surface area contributed by atoms with Crippen molar-refractivity contribution in [2.24, 2.45) is 5.92 Å². The molecule has 1 heterocycles. The van der Waals surface area contributed by atoms with E-state index in [9.17, 15) is 4.79 Å². The average molecular weight is 302 g/mol. The van der Waals surface area contributed by atoms with Gasteiger partial charge in [0.25, 0.3) is 5.91 Å². The molecule has 1 aliphatic heterocycles. The summed E-state index contributed by atoms with van der Waals surface area (Å²) in [5.41, 5.74) is 2.03. The summed E-state index contributed by atoms with van der Waals surface area (Å²) in [6, 6.07) is 7.96. The maximum absolute atomic E-state index is 12.6. The van der Waals surface area contributed by atoms with Crippen molar-refractivity contribution in [2.45, 2.75) is 40.0 Å². The largest absolute Gasteiger partial charge is 0.338 e. The normalized spacial score (nSPS) is 18.7. The molecule has 0 N–H and O–H groups in total. The second-order valence-corrected chi connectivity index (χ2v) is 6.52. The maximum atomic E-state index is 12.6. The van der Waals surface area contributed by atoms with Crippen molar-refractivity contribution < 1.29 is 4.79 Å². The fraction of sp³-hybridized carbons (Fsp3) is 0.632. The molecule has 1 atom stereocenters. The van der Waals surface area contributed by atoms with Crippen LogP contribution in [0.15, 0.2) is 24.3 Å². The summed E-state index contributed by atoms with van der Waals surface area (Å²) >= 11 is 0. The zero-order chi connectivity index (χ0) is 15.9. The van der Waals surface area contributed by atoms with Crippen LogP contribution in [0.2, 0.25) is 0 Å². The third-order valence-electron chi connectivity index (χ3n) is 4.61. The standard InChI is InChI=1S/C19H30N2O/c1-4-12-20(5-2)14-17-7-6-13-21(15-17)19(22)18-10-8-16(3)9-11-18/h8-11,17H,4-7,12-15H2,1-3H3. The molecule has 22 heavy (non-hydrogen) atoms. The third kappa shape index (κ3) is 4.57. The molecule has 2 rings (SSSR count). The Morgan fingerprint density at radius 1 is 1.27 bits per heavy atom. The lowest BCUT2D eigenvalue weighted by Crippen LogP contribution is -2.43. The first-order chi connectivity index (χ1) is 10.6. The fourth-order valence-electron chi connectivity index (χ4n) is 3.34.